The van der Waals surface area contributed by atoms with Crippen LogP contribution < -0.4 is 10.6 Å². The van der Waals surface area contributed by atoms with Gasteiger partial charge in [0.25, 0.3) is 5.91 Å². The van der Waals surface area contributed by atoms with E-state index in [2.05, 4.69) is 5.32 Å². The predicted molar refractivity (Wildman–Crippen MR) is 112 cm³/mol. The number of carboxylic acid groups (broad SMARTS) is 1. The molecule has 1 heterocycles. The molecule has 1 aliphatic carbocycles. The maximum Gasteiger partial charge on any atom is 0.407 e. The number of fused-ring (bicyclic) bond motifs is 3. The fourth-order valence-electron chi connectivity index (χ4n) is 4.16. The Bertz CT molecular complexity index is 1030. The van der Waals surface area contributed by atoms with Gasteiger partial charge < -0.3 is 25.2 Å². The molecule has 174 valence electrons. The molecule has 8 nitrogen and oxygen atoms in total. The molecule has 2 aromatic carbocycles. The van der Waals surface area contributed by atoms with Crippen LogP contribution in [0, 0.1) is 0 Å². The topological polar surface area (TPSA) is 114 Å². The van der Waals surface area contributed by atoms with Crippen molar-refractivity contribution in [2.24, 2.45) is 0 Å². The first-order valence-corrected chi connectivity index (χ1v) is 10.4. The number of alkyl halides is 2. The van der Waals surface area contributed by atoms with Crippen molar-refractivity contribution in [1.82, 2.24) is 10.6 Å². The molecule has 2 aromatic rings. The van der Waals surface area contributed by atoms with Crippen LogP contribution in [0.4, 0.5) is 13.6 Å². The lowest BCUT2D eigenvalue weighted by Gasteiger charge is -2.21. The van der Waals surface area contributed by atoms with Crippen molar-refractivity contribution in [3.8, 4) is 11.1 Å². The molecule has 0 bridgehead atoms. The highest BCUT2D eigenvalue weighted by atomic mass is 19.3. The lowest BCUT2D eigenvalue weighted by molar-refractivity contribution is -0.164. The summed E-state index contributed by atoms with van der Waals surface area (Å²) in [7, 11) is 0. The van der Waals surface area contributed by atoms with Gasteiger partial charge in [0.2, 0.25) is 0 Å². The number of ether oxygens (including phenoxy) is 2. The monoisotopic (exact) mass is 460 g/mol. The van der Waals surface area contributed by atoms with Crippen LogP contribution in [0.25, 0.3) is 11.1 Å². The average molecular weight is 460 g/mol. The molecule has 2 aliphatic rings. The fraction of sp³-hybridized carbons (Fsp3) is 0.348. The van der Waals surface area contributed by atoms with Gasteiger partial charge in [-0.05, 0) is 28.7 Å². The molecule has 1 aliphatic heterocycles. The van der Waals surface area contributed by atoms with E-state index in [9.17, 15) is 23.2 Å². The first kappa shape index (κ1) is 22.7. The van der Waals surface area contributed by atoms with E-state index in [1.54, 1.807) is 0 Å². The van der Waals surface area contributed by atoms with Gasteiger partial charge in [0.1, 0.15) is 6.61 Å². The molecule has 1 fully saturated rings. The van der Waals surface area contributed by atoms with Gasteiger partial charge in [0.15, 0.2) is 6.10 Å². The number of nitrogens with one attached hydrogen (secondary N) is 2. The highest BCUT2D eigenvalue weighted by molar-refractivity contribution is 5.84. The molecule has 1 saturated heterocycles. The number of hydrogen-bond donors (Lipinski definition) is 3. The molecule has 0 radical (unpaired) electrons. The summed E-state index contributed by atoms with van der Waals surface area (Å²) in [6, 6.07) is 14.9. The Kier molecular flexibility index (Phi) is 6.28. The molecule has 2 amide bonds. The van der Waals surface area contributed by atoms with Crippen molar-refractivity contribution in [3.05, 3.63) is 59.7 Å². The number of carbonyl (C=O) groups excluding carboxylic acids is 2. The predicted octanol–water partition coefficient (Wildman–Crippen LogP) is 2.52. The molecule has 4 rings (SSSR count). The molecule has 0 spiro atoms. The average Bonchev–Trinajstić information content (AvgIpc) is 3.38. The minimum absolute atomic E-state index is 0.0785. The largest absolute Gasteiger partial charge is 0.477 e. The van der Waals surface area contributed by atoms with Gasteiger partial charge >= 0.3 is 18.0 Å². The van der Waals surface area contributed by atoms with E-state index >= 15 is 0 Å². The number of amides is 2. The van der Waals surface area contributed by atoms with Crippen molar-refractivity contribution in [2.75, 3.05) is 19.8 Å². The zero-order valence-corrected chi connectivity index (χ0v) is 17.4. The lowest BCUT2D eigenvalue weighted by Crippen LogP contribution is -2.51. The molecule has 0 aromatic heterocycles. The number of benzene rings is 2. The summed E-state index contributed by atoms with van der Waals surface area (Å²) in [5, 5.41) is 12.9. The van der Waals surface area contributed by atoms with Gasteiger partial charge in [-0.15, -0.1) is 0 Å². The number of alkyl carbamates (subject to hydrolysis) is 1. The summed E-state index contributed by atoms with van der Waals surface area (Å²) < 4.78 is 37.1. The summed E-state index contributed by atoms with van der Waals surface area (Å²) in [5.74, 6) is -7.52. The highest BCUT2D eigenvalue weighted by Crippen LogP contribution is 2.44. The number of carbonyl (C=O) groups is 3. The first-order chi connectivity index (χ1) is 15.8. The zero-order chi connectivity index (χ0) is 23.6. The fourth-order valence-corrected chi connectivity index (χ4v) is 4.16. The second kappa shape index (κ2) is 9.14. The summed E-state index contributed by atoms with van der Waals surface area (Å²) in [6.45, 7) is -1.17. The Morgan fingerprint density at radius 3 is 2.27 bits per heavy atom. The number of hydrogen-bond acceptors (Lipinski definition) is 5. The van der Waals surface area contributed by atoms with E-state index in [4.69, 9.17) is 14.6 Å². The van der Waals surface area contributed by atoms with E-state index < -0.39 is 42.6 Å². The van der Waals surface area contributed by atoms with E-state index in [-0.39, 0.29) is 25.6 Å². The molecule has 2 unspecified atom stereocenters. The molecule has 10 heteroatoms. The summed E-state index contributed by atoms with van der Waals surface area (Å²) in [4.78, 5) is 35.1. The smallest absolute Gasteiger partial charge is 0.407 e. The van der Waals surface area contributed by atoms with Gasteiger partial charge in [-0.2, -0.15) is 8.78 Å². The molecule has 33 heavy (non-hydrogen) atoms. The Morgan fingerprint density at radius 2 is 1.67 bits per heavy atom. The quantitative estimate of drug-likeness (QED) is 0.585. The lowest BCUT2D eigenvalue weighted by atomic mass is 9.98. The minimum atomic E-state index is -4.11. The Labute approximate surface area is 187 Å². The number of aliphatic carboxylic acids is 1. The molecular formula is C23H22F2N2O6. The van der Waals surface area contributed by atoms with Crippen LogP contribution >= 0.6 is 0 Å². The van der Waals surface area contributed by atoms with Crippen molar-refractivity contribution < 1.29 is 37.7 Å². The van der Waals surface area contributed by atoms with Crippen LogP contribution in [0.5, 0.6) is 0 Å². The standard InChI is InChI=1S/C23H22F2N2O6/c24-23(25,21(29)30)12-26-20(28)19-18(9-10-32-19)27-22(31)33-11-17-15-7-3-1-5-13(15)14-6-2-4-8-16(14)17/h1-8,17-19H,9-12H2,(H,26,28)(H,27,31)(H,29,30). The first-order valence-electron chi connectivity index (χ1n) is 10.4. The molecule has 3 N–H and O–H groups in total. The molecule has 0 saturated carbocycles. The van der Waals surface area contributed by atoms with Gasteiger partial charge in [-0.3, -0.25) is 4.79 Å². The normalized spacial score (nSPS) is 19.5. The molecule has 2 atom stereocenters. The van der Waals surface area contributed by atoms with E-state index in [1.807, 2.05) is 53.8 Å². The van der Waals surface area contributed by atoms with Crippen molar-refractivity contribution in [1.29, 1.82) is 0 Å². The van der Waals surface area contributed by atoms with E-state index in [0.717, 1.165) is 22.3 Å². The van der Waals surface area contributed by atoms with E-state index in [0.29, 0.717) is 0 Å². The van der Waals surface area contributed by atoms with Crippen LogP contribution in [-0.2, 0) is 19.1 Å². The zero-order valence-electron chi connectivity index (χ0n) is 17.4. The third-order valence-corrected chi connectivity index (χ3v) is 5.79. The maximum atomic E-state index is 13.2. The van der Waals surface area contributed by atoms with Gasteiger partial charge in [-0.25, -0.2) is 9.59 Å². The minimum Gasteiger partial charge on any atom is -0.477 e. The summed E-state index contributed by atoms with van der Waals surface area (Å²) >= 11 is 0. The van der Waals surface area contributed by atoms with Gasteiger partial charge in [0.05, 0.1) is 12.6 Å². The number of rotatable bonds is 7. The second-order valence-corrected chi connectivity index (χ2v) is 7.88. The Hall–Kier alpha value is -3.53. The van der Waals surface area contributed by atoms with Crippen molar-refractivity contribution in [3.63, 3.8) is 0 Å². The van der Waals surface area contributed by atoms with Gasteiger partial charge in [-0.1, -0.05) is 48.5 Å². The SMILES string of the molecule is O=C(NC1CCOC1C(=O)NCC(F)(F)C(=O)O)OCC1c2ccccc2-c2ccccc21. The summed E-state index contributed by atoms with van der Waals surface area (Å²) in [5.41, 5.74) is 4.27. The Balaban J connectivity index is 1.34. The maximum absolute atomic E-state index is 13.2. The highest BCUT2D eigenvalue weighted by Gasteiger charge is 2.42. The Morgan fingerprint density at radius 1 is 1.06 bits per heavy atom. The summed E-state index contributed by atoms with van der Waals surface area (Å²) in [6.07, 6.45) is -1.71. The van der Waals surface area contributed by atoms with Crippen LogP contribution in [-0.4, -0.2) is 60.9 Å². The third-order valence-electron chi connectivity index (χ3n) is 5.79. The van der Waals surface area contributed by atoms with Crippen molar-refractivity contribution >= 4 is 18.0 Å². The van der Waals surface area contributed by atoms with Crippen LogP contribution in [0.1, 0.15) is 23.5 Å². The van der Waals surface area contributed by atoms with Crippen LogP contribution in [0.3, 0.4) is 0 Å². The second-order valence-electron chi connectivity index (χ2n) is 7.88. The number of halogens is 2. The van der Waals surface area contributed by atoms with Gasteiger partial charge in [0, 0.05) is 12.5 Å². The van der Waals surface area contributed by atoms with Crippen molar-refractivity contribution in [2.45, 2.75) is 30.4 Å². The van der Waals surface area contributed by atoms with Crippen LogP contribution in [0.15, 0.2) is 48.5 Å². The molecular weight excluding hydrogens is 438 g/mol. The number of carboxylic acids is 1. The van der Waals surface area contributed by atoms with E-state index in [1.165, 1.54) is 0 Å². The third kappa shape index (κ3) is 4.65. The van der Waals surface area contributed by atoms with Crippen LogP contribution in [0.2, 0.25) is 0 Å².